The molecule has 0 spiro atoms. The summed E-state index contributed by atoms with van der Waals surface area (Å²) in [5, 5.41) is 9.77. The topological polar surface area (TPSA) is 127 Å². The summed E-state index contributed by atoms with van der Waals surface area (Å²) in [4.78, 5) is 8.33. The molecule has 3 rings (SSSR count). The van der Waals surface area contributed by atoms with E-state index in [0.717, 1.165) is 11.3 Å². The van der Waals surface area contributed by atoms with Crippen LogP contribution in [0.25, 0.3) is 5.70 Å². The molecule has 8 heteroatoms. The van der Waals surface area contributed by atoms with Gasteiger partial charge in [0.25, 0.3) is 0 Å². The van der Waals surface area contributed by atoms with Gasteiger partial charge in [0.1, 0.15) is 0 Å². The first-order chi connectivity index (χ1) is 10.1. The van der Waals surface area contributed by atoms with Crippen LogP contribution in [0.15, 0.2) is 41.7 Å². The van der Waals surface area contributed by atoms with Crippen LogP contribution in [0.4, 0.5) is 0 Å². The Hall–Kier alpha value is -2.87. The standard InChI is InChI=1S/C13H15N7O/c1-21-11-5-10(19-20-11)13(15)6-9(17-12(14)18-13)8-3-2-4-16-7-8/h2-7H,15H2,1H3,(H,19,20)(H3,14,17,18). The number of aromatic nitrogens is 3. The summed E-state index contributed by atoms with van der Waals surface area (Å²) in [6.07, 6.45) is 5.17. The summed E-state index contributed by atoms with van der Waals surface area (Å²) in [6, 6.07) is 5.41. The second-order valence-corrected chi connectivity index (χ2v) is 4.57. The minimum absolute atomic E-state index is 0.215. The zero-order valence-corrected chi connectivity index (χ0v) is 11.4. The monoisotopic (exact) mass is 285 g/mol. The summed E-state index contributed by atoms with van der Waals surface area (Å²) in [5.74, 6) is 0.644. The maximum atomic E-state index is 6.34. The van der Waals surface area contributed by atoms with Gasteiger partial charge in [-0.2, -0.15) is 0 Å². The molecule has 0 amide bonds. The number of nitrogens with two attached hydrogens (primary N) is 2. The molecular weight excluding hydrogens is 270 g/mol. The molecule has 1 atom stereocenters. The molecule has 21 heavy (non-hydrogen) atoms. The van der Waals surface area contributed by atoms with Gasteiger partial charge in [0, 0.05) is 29.7 Å². The molecule has 6 N–H and O–H groups in total. The Balaban J connectivity index is 2.04. The fraction of sp³-hybridized carbons (Fsp3) is 0.154. The molecule has 1 aliphatic heterocycles. The Morgan fingerprint density at radius 2 is 2.24 bits per heavy atom. The summed E-state index contributed by atoms with van der Waals surface area (Å²) in [7, 11) is 1.53. The van der Waals surface area contributed by atoms with E-state index in [1.54, 1.807) is 24.5 Å². The third-order valence-electron chi connectivity index (χ3n) is 3.10. The predicted molar refractivity (Wildman–Crippen MR) is 78.0 cm³/mol. The Morgan fingerprint density at radius 1 is 1.38 bits per heavy atom. The number of H-pyrrole nitrogens is 1. The lowest BCUT2D eigenvalue weighted by atomic mass is 10.0. The van der Waals surface area contributed by atoms with Crippen LogP contribution >= 0.6 is 0 Å². The lowest BCUT2D eigenvalue weighted by Crippen LogP contribution is -2.44. The van der Waals surface area contributed by atoms with Crippen LogP contribution in [0.2, 0.25) is 0 Å². The van der Waals surface area contributed by atoms with Gasteiger partial charge in [-0.05, 0) is 18.2 Å². The van der Waals surface area contributed by atoms with Gasteiger partial charge >= 0.3 is 0 Å². The van der Waals surface area contributed by atoms with E-state index >= 15 is 0 Å². The van der Waals surface area contributed by atoms with Crippen molar-refractivity contribution in [2.24, 2.45) is 16.5 Å². The quantitative estimate of drug-likeness (QED) is 0.623. The lowest BCUT2D eigenvalue weighted by molar-refractivity contribution is 0.397. The van der Waals surface area contributed by atoms with Crippen molar-refractivity contribution in [3.8, 4) is 5.88 Å². The van der Waals surface area contributed by atoms with Gasteiger partial charge in [-0.3, -0.25) is 15.8 Å². The van der Waals surface area contributed by atoms with Crippen LogP contribution in [0.5, 0.6) is 5.88 Å². The second-order valence-electron chi connectivity index (χ2n) is 4.57. The molecular formula is C13H15N7O. The number of ether oxygens (including phenoxy) is 1. The molecule has 0 aromatic carbocycles. The Labute approximate surface area is 120 Å². The Kier molecular flexibility index (Phi) is 3.07. The van der Waals surface area contributed by atoms with Gasteiger partial charge in [0.15, 0.2) is 11.6 Å². The number of hydrogen-bond acceptors (Lipinski definition) is 7. The first kappa shape index (κ1) is 13.1. The molecule has 0 bridgehead atoms. The molecule has 0 aliphatic carbocycles. The van der Waals surface area contributed by atoms with Crippen molar-refractivity contribution >= 4 is 11.7 Å². The molecule has 1 aliphatic rings. The summed E-state index contributed by atoms with van der Waals surface area (Å²) < 4.78 is 5.05. The number of nitrogens with one attached hydrogen (secondary N) is 2. The Morgan fingerprint density at radius 3 is 2.90 bits per heavy atom. The molecule has 2 aromatic rings. The van der Waals surface area contributed by atoms with Crippen LogP contribution in [0.1, 0.15) is 11.3 Å². The lowest BCUT2D eigenvalue weighted by Gasteiger charge is -2.27. The second kappa shape index (κ2) is 4.91. The molecule has 1 unspecified atom stereocenters. The van der Waals surface area contributed by atoms with Gasteiger partial charge < -0.3 is 15.8 Å². The average molecular weight is 285 g/mol. The van der Waals surface area contributed by atoms with Crippen LogP contribution in [-0.4, -0.2) is 28.3 Å². The smallest absolute Gasteiger partial charge is 0.232 e. The maximum Gasteiger partial charge on any atom is 0.232 e. The number of guanidine groups is 1. The van der Waals surface area contributed by atoms with Crippen molar-refractivity contribution < 1.29 is 4.74 Å². The van der Waals surface area contributed by atoms with Gasteiger partial charge in [-0.1, -0.05) is 0 Å². The third-order valence-corrected chi connectivity index (χ3v) is 3.10. The minimum atomic E-state index is -1.15. The van der Waals surface area contributed by atoms with Crippen LogP contribution in [-0.2, 0) is 5.66 Å². The van der Waals surface area contributed by atoms with Crippen LogP contribution in [0, 0.1) is 0 Å². The number of pyridine rings is 1. The Bertz CT molecular complexity index is 706. The highest BCUT2D eigenvalue weighted by Crippen LogP contribution is 2.28. The van der Waals surface area contributed by atoms with E-state index in [0.29, 0.717) is 11.6 Å². The van der Waals surface area contributed by atoms with E-state index < -0.39 is 5.66 Å². The van der Waals surface area contributed by atoms with Crippen molar-refractivity contribution in [2.75, 3.05) is 7.11 Å². The molecule has 0 saturated heterocycles. The van der Waals surface area contributed by atoms with E-state index in [4.69, 9.17) is 16.2 Å². The van der Waals surface area contributed by atoms with Crippen molar-refractivity contribution in [2.45, 2.75) is 5.66 Å². The fourth-order valence-corrected chi connectivity index (χ4v) is 2.08. The molecule has 0 fully saturated rings. The normalized spacial score (nSPS) is 21.2. The molecule has 0 radical (unpaired) electrons. The molecule has 3 heterocycles. The number of nitrogens with zero attached hydrogens (tertiary/aromatic N) is 3. The number of methoxy groups -OCH3 is 1. The van der Waals surface area contributed by atoms with Gasteiger partial charge in [-0.25, -0.2) is 4.99 Å². The van der Waals surface area contributed by atoms with Crippen molar-refractivity contribution in [1.29, 1.82) is 0 Å². The van der Waals surface area contributed by atoms with Crippen LogP contribution in [0.3, 0.4) is 0 Å². The number of hydrogen-bond donors (Lipinski definition) is 4. The number of aromatic amines is 1. The largest absolute Gasteiger partial charge is 0.480 e. The van der Waals surface area contributed by atoms with E-state index in [9.17, 15) is 0 Å². The van der Waals surface area contributed by atoms with Crippen molar-refractivity contribution in [3.05, 3.63) is 47.9 Å². The predicted octanol–water partition coefficient (Wildman–Crippen LogP) is -0.116. The van der Waals surface area contributed by atoms with Crippen molar-refractivity contribution in [3.63, 3.8) is 0 Å². The molecule has 108 valence electrons. The molecule has 0 saturated carbocycles. The highest BCUT2D eigenvalue weighted by molar-refractivity contribution is 5.90. The van der Waals surface area contributed by atoms with Crippen LogP contribution < -0.4 is 21.5 Å². The third kappa shape index (κ3) is 2.43. The average Bonchev–Trinajstić information content (AvgIpc) is 2.97. The zero-order valence-electron chi connectivity index (χ0n) is 11.4. The number of aliphatic imine (C=N–C) groups is 1. The summed E-state index contributed by atoms with van der Waals surface area (Å²) in [5.41, 5.74) is 13.2. The first-order valence-electron chi connectivity index (χ1n) is 6.25. The van der Waals surface area contributed by atoms with Gasteiger partial charge in [0.05, 0.1) is 12.8 Å². The molecule has 8 nitrogen and oxygen atoms in total. The van der Waals surface area contributed by atoms with Gasteiger partial charge in [-0.15, -0.1) is 5.10 Å². The van der Waals surface area contributed by atoms with E-state index in [2.05, 4.69) is 25.5 Å². The van der Waals surface area contributed by atoms with Gasteiger partial charge in [0.2, 0.25) is 5.88 Å². The zero-order chi connectivity index (χ0) is 14.9. The van der Waals surface area contributed by atoms with Crippen molar-refractivity contribution in [1.82, 2.24) is 20.5 Å². The molecule has 2 aromatic heterocycles. The van der Waals surface area contributed by atoms with E-state index in [-0.39, 0.29) is 5.96 Å². The highest BCUT2D eigenvalue weighted by Gasteiger charge is 2.31. The minimum Gasteiger partial charge on any atom is -0.480 e. The van der Waals surface area contributed by atoms with E-state index in [1.165, 1.54) is 7.11 Å². The van der Waals surface area contributed by atoms with E-state index in [1.807, 2.05) is 12.1 Å². The fourth-order valence-electron chi connectivity index (χ4n) is 2.08. The number of rotatable bonds is 3. The summed E-state index contributed by atoms with van der Waals surface area (Å²) in [6.45, 7) is 0. The first-order valence-corrected chi connectivity index (χ1v) is 6.25. The maximum absolute atomic E-state index is 6.34. The SMILES string of the molecule is COc1cc(C2(N)C=C(c3cccnc3)NC(N)=N2)[nH]n1. The summed E-state index contributed by atoms with van der Waals surface area (Å²) >= 11 is 0. The highest BCUT2D eigenvalue weighted by atomic mass is 16.5.